The van der Waals surface area contributed by atoms with E-state index in [1.165, 1.54) is 12.1 Å². The van der Waals surface area contributed by atoms with Crippen LogP contribution in [0.5, 0.6) is 0 Å². The molecule has 2 aromatic carbocycles. The quantitative estimate of drug-likeness (QED) is 0.471. The van der Waals surface area contributed by atoms with Gasteiger partial charge in [-0.25, -0.2) is 13.2 Å². The van der Waals surface area contributed by atoms with Crippen molar-refractivity contribution in [2.24, 2.45) is 0 Å². The largest absolute Gasteiger partial charge is 0.381 e. The van der Waals surface area contributed by atoms with Crippen LogP contribution in [0, 0.1) is 17.5 Å². The Morgan fingerprint density at radius 1 is 0.952 bits per heavy atom. The van der Waals surface area contributed by atoms with E-state index in [1.807, 2.05) is 0 Å². The van der Waals surface area contributed by atoms with Crippen molar-refractivity contribution in [3.05, 3.63) is 59.4 Å². The fourth-order valence-electron chi connectivity index (χ4n) is 1.67. The van der Waals surface area contributed by atoms with E-state index in [1.54, 1.807) is 12.1 Å². The van der Waals surface area contributed by atoms with Gasteiger partial charge in [-0.05, 0) is 42.0 Å². The third-order valence-corrected chi connectivity index (χ3v) is 3.34. The molecule has 7 heteroatoms. The van der Waals surface area contributed by atoms with Crippen molar-refractivity contribution >= 4 is 17.4 Å². The lowest BCUT2D eigenvalue weighted by Crippen LogP contribution is -2.02. The molecular weight excluding hydrogens is 309 g/mol. The highest BCUT2D eigenvalue weighted by atomic mass is 32.2. The number of hydrogen-bond donors (Lipinski definition) is 1. The summed E-state index contributed by atoms with van der Waals surface area (Å²) in [5, 5.41) is 2.86. The monoisotopic (exact) mass is 319 g/mol. The average Bonchev–Trinajstić information content (AvgIpc) is 2.43. The Morgan fingerprint density at radius 3 is 2.05 bits per heavy atom. The lowest BCUT2D eigenvalue weighted by molar-refractivity contribution is 0.252. The molecule has 0 saturated carbocycles. The summed E-state index contributed by atoms with van der Waals surface area (Å²) in [5.41, 5.74) is 0.830. The summed E-state index contributed by atoms with van der Waals surface area (Å²) in [6.45, 7) is 0.0788. The van der Waals surface area contributed by atoms with Crippen LogP contribution in [-0.4, -0.2) is 5.76 Å². The van der Waals surface area contributed by atoms with Gasteiger partial charge in [0.1, 0.15) is 0 Å². The highest BCUT2D eigenvalue weighted by Gasteiger charge is 2.10. The fourth-order valence-corrected chi connectivity index (χ4v) is 2.17. The molecule has 1 N–H and O–H groups in total. The SMILES string of the molecule is Fc1cc(CNc2ccc(SC(F)F)cc2)cc(F)c1F. The predicted molar refractivity (Wildman–Crippen MR) is 71.9 cm³/mol. The molecule has 0 unspecified atom stereocenters. The van der Waals surface area contributed by atoms with Gasteiger partial charge in [-0.15, -0.1) is 0 Å². The molecule has 0 heterocycles. The van der Waals surface area contributed by atoms with Crippen LogP contribution in [0.2, 0.25) is 0 Å². The van der Waals surface area contributed by atoms with E-state index in [9.17, 15) is 22.0 Å². The van der Waals surface area contributed by atoms with Crippen molar-refractivity contribution in [3.63, 3.8) is 0 Å². The maximum Gasteiger partial charge on any atom is 0.288 e. The first-order valence-electron chi connectivity index (χ1n) is 5.88. The molecule has 0 aliphatic heterocycles. The second-order valence-electron chi connectivity index (χ2n) is 4.13. The molecule has 0 aliphatic rings. The van der Waals surface area contributed by atoms with Gasteiger partial charge in [0.15, 0.2) is 17.5 Å². The van der Waals surface area contributed by atoms with Gasteiger partial charge in [-0.3, -0.25) is 0 Å². The van der Waals surface area contributed by atoms with E-state index >= 15 is 0 Å². The third-order valence-electron chi connectivity index (χ3n) is 2.62. The molecule has 0 fully saturated rings. The standard InChI is InChI=1S/C14H10F5NS/c15-11-5-8(6-12(16)13(11)17)7-20-9-1-3-10(4-2-9)21-14(18)19/h1-6,14,20H,7H2. The molecule has 112 valence electrons. The molecule has 21 heavy (non-hydrogen) atoms. The summed E-state index contributed by atoms with van der Waals surface area (Å²) in [5.74, 6) is -6.51. The Labute approximate surface area is 122 Å². The van der Waals surface area contributed by atoms with E-state index in [4.69, 9.17) is 0 Å². The minimum absolute atomic E-state index is 0.0788. The van der Waals surface area contributed by atoms with Crippen molar-refractivity contribution in [2.75, 3.05) is 5.32 Å². The van der Waals surface area contributed by atoms with Crippen LogP contribution in [-0.2, 0) is 6.54 Å². The van der Waals surface area contributed by atoms with E-state index in [-0.39, 0.29) is 12.1 Å². The number of rotatable bonds is 5. The maximum absolute atomic E-state index is 13.0. The Balaban J connectivity index is 2.00. The second kappa shape index (κ2) is 6.80. The summed E-state index contributed by atoms with van der Waals surface area (Å²) < 4.78 is 63.1. The van der Waals surface area contributed by atoms with Crippen LogP contribution in [0.3, 0.4) is 0 Å². The molecule has 0 spiro atoms. The predicted octanol–water partition coefficient (Wildman–Crippen LogP) is 5.03. The Bertz CT molecular complexity index is 592. The van der Waals surface area contributed by atoms with Gasteiger partial charge in [-0.2, -0.15) is 8.78 Å². The van der Waals surface area contributed by atoms with E-state index in [0.29, 0.717) is 22.3 Å². The number of alkyl halides is 2. The Hall–Kier alpha value is -1.76. The first-order chi connectivity index (χ1) is 9.95. The number of nitrogens with one attached hydrogen (secondary N) is 1. The summed E-state index contributed by atoms with van der Waals surface area (Å²) >= 11 is 0.425. The number of hydrogen-bond acceptors (Lipinski definition) is 2. The zero-order valence-corrected chi connectivity index (χ0v) is 11.4. The van der Waals surface area contributed by atoms with Gasteiger partial charge in [0.05, 0.1) is 0 Å². The summed E-state index contributed by atoms with van der Waals surface area (Å²) in [7, 11) is 0. The van der Waals surface area contributed by atoms with Crippen LogP contribution in [0.15, 0.2) is 41.3 Å². The Morgan fingerprint density at radius 2 is 1.52 bits per heavy atom. The van der Waals surface area contributed by atoms with E-state index in [2.05, 4.69) is 5.32 Å². The number of halogens is 5. The normalized spacial score (nSPS) is 11.0. The van der Waals surface area contributed by atoms with Crippen LogP contribution >= 0.6 is 11.8 Å². The van der Waals surface area contributed by atoms with Crippen LogP contribution in [0.25, 0.3) is 0 Å². The minimum atomic E-state index is -2.49. The van der Waals surface area contributed by atoms with Crippen molar-refractivity contribution in [1.82, 2.24) is 0 Å². The van der Waals surface area contributed by atoms with Gasteiger partial charge >= 0.3 is 0 Å². The molecule has 1 nitrogen and oxygen atoms in total. The molecule has 0 aliphatic carbocycles. The molecule has 0 aromatic heterocycles. The first kappa shape index (κ1) is 15.6. The van der Waals surface area contributed by atoms with Crippen molar-refractivity contribution in [3.8, 4) is 0 Å². The maximum atomic E-state index is 13.0. The minimum Gasteiger partial charge on any atom is -0.381 e. The third kappa shape index (κ3) is 4.35. The van der Waals surface area contributed by atoms with Gasteiger partial charge in [-0.1, -0.05) is 11.8 Å². The number of anilines is 1. The van der Waals surface area contributed by atoms with Crippen LogP contribution < -0.4 is 5.32 Å². The van der Waals surface area contributed by atoms with Crippen molar-refractivity contribution < 1.29 is 22.0 Å². The second-order valence-corrected chi connectivity index (χ2v) is 5.19. The number of thioether (sulfide) groups is 1. The summed E-state index contributed by atoms with van der Waals surface area (Å²) in [6, 6.07) is 7.94. The van der Waals surface area contributed by atoms with Crippen LogP contribution in [0.1, 0.15) is 5.56 Å². The number of benzene rings is 2. The van der Waals surface area contributed by atoms with Gasteiger partial charge < -0.3 is 5.32 Å². The lowest BCUT2D eigenvalue weighted by Gasteiger charge is -2.08. The van der Waals surface area contributed by atoms with E-state index in [0.717, 1.165) is 12.1 Å². The topological polar surface area (TPSA) is 12.0 Å². The van der Waals surface area contributed by atoms with Gasteiger partial charge in [0, 0.05) is 17.1 Å². The Kier molecular flexibility index (Phi) is 5.06. The molecular formula is C14H10F5NS. The van der Waals surface area contributed by atoms with E-state index < -0.39 is 23.2 Å². The molecule has 0 saturated heterocycles. The van der Waals surface area contributed by atoms with Gasteiger partial charge in [0.25, 0.3) is 5.76 Å². The highest BCUT2D eigenvalue weighted by molar-refractivity contribution is 7.99. The summed E-state index contributed by atoms with van der Waals surface area (Å²) in [4.78, 5) is 0.412. The molecule has 2 aromatic rings. The lowest BCUT2D eigenvalue weighted by atomic mass is 10.2. The fraction of sp³-hybridized carbons (Fsp3) is 0.143. The highest BCUT2D eigenvalue weighted by Crippen LogP contribution is 2.26. The smallest absolute Gasteiger partial charge is 0.288 e. The molecule has 2 rings (SSSR count). The van der Waals surface area contributed by atoms with Crippen molar-refractivity contribution in [1.29, 1.82) is 0 Å². The molecule has 0 atom stereocenters. The first-order valence-corrected chi connectivity index (χ1v) is 6.76. The zero-order chi connectivity index (χ0) is 15.4. The van der Waals surface area contributed by atoms with Crippen molar-refractivity contribution in [2.45, 2.75) is 17.2 Å². The van der Waals surface area contributed by atoms with Gasteiger partial charge in [0.2, 0.25) is 0 Å². The summed E-state index contributed by atoms with van der Waals surface area (Å²) in [6.07, 6.45) is 0. The zero-order valence-electron chi connectivity index (χ0n) is 10.5. The molecule has 0 bridgehead atoms. The molecule has 0 radical (unpaired) electrons. The average molecular weight is 319 g/mol. The molecule has 0 amide bonds. The van der Waals surface area contributed by atoms with Crippen LogP contribution in [0.4, 0.5) is 27.6 Å².